The van der Waals surface area contributed by atoms with Crippen LogP contribution in [0.1, 0.15) is 110 Å². The molecule has 1 aromatic heterocycles. The number of ether oxygens (including phenoxy) is 2. The highest BCUT2D eigenvalue weighted by Gasteiger charge is 2.03. The summed E-state index contributed by atoms with van der Waals surface area (Å²) in [5, 5.41) is 0. The van der Waals surface area contributed by atoms with Crippen molar-refractivity contribution in [3.8, 4) is 22.9 Å². The van der Waals surface area contributed by atoms with Crippen LogP contribution in [0.25, 0.3) is 11.4 Å². The second kappa shape index (κ2) is 18.3. The van der Waals surface area contributed by atoms with Gasteiger partial charge in [-0.05, 0) is 37.1 Å². The predicted molar refractivity (Wildman–Crippen MR) is 139 cm³/mol. The minimum absolute atomic E-state index is 0.716. The maximum absolute atomic E-state index is 5.89. The highest BCUT2D eigenvalue weighted by Crippen LogP contribution is 2.21. The van der Waals surface area contributed by atoms with Crippen molar-refractivity contribution >= 4 is 0 Å². The van der Waals surface area contributed by atoms with Gasteiger partial charge in [0.05, 0.1) is 25.6 Å². The van der Waals surface area contributed by atoms with E-state index in [9.17, 15) is 0 Å². The van der Waals surface area contributed by atoms with E-state index in [2.05, 4.69) is 23.8 Å². The van der Waals surface area contributed by atoms with Crippen LogP contribution < -0.4 is 9.47 Å². The number of unbranched alkanes of at least 4 members (excludes halogenated alkanes) is 13. The predicted octanol–water partition coefficient (Wildman–Crippen LogP) is 8.79. The third kappa shape index (κ3) is 12.6. The molecule has 0 aliphatic carbocycles. The van der Waals surface area contributed by atoms with Gasteiger partial charge in [0.15, 0.2) is 11.6 Å². The Kier molecular flexibility index (Phi) is 15.1. The normalized spacial score (nSPS) is 11.0. The lowest BCUT2D eigenvalue weighted by atomic mass is 10.1. The molecule has 0 amide bonds. The first-order valence-electron chi connectivity index (χ1n) is 13.5. The number of hydrogen-bond acceptors (Lipinski definition) is 4. The summed E-state index contributed by atoms with van der Waals surface area (Å²) in [6.45, 7) is 6.04. The molecule has 0 saturated heterocycles. The summed E-state index contributed by atoms with van der Waals surface area (Å²) in [5.74, 6) is 2.37. The van der Waals surface area contributed by atoms with Crippen LogP contribution in [0.3, 0.4) is 0 Å². The zero-order valence-corrected chi connectivity index (χ0v) is 21.2. The van der Waals surface area contributed by atoms with Gasteiger partial charge in [0, 0.05) is 5.56 Å². The molecule has 0 N–H and O–H groups in total. The van der Waals surface area contributed by atoms with Crippen molar-refractivity contribution in [1.29, 1.82) is 0 Å². The quantitative estimate of drug-likeness (QED) is 0.187. The fraction of sp³-hybridized carbons (Fsp3) is 0.655. The highest BCUT2D eigenvalue weighted by molar-refractivity contribution is 5.56. The molecule has 0 atom stereocenters. The van der Waals surface area contributed by atoms with Crippen molar-refractivity contribution in [2.75, 3.05) is 13.2 Å². The molecule has 184 valence electrons. The molecule has 0 aliphatic rings. The van der Waals surface area contributed by atoms with E-state index in [4.69, 9.17) is 9.47 Å². The van der Waals surface area contributed by atoms with Gasteiger partial charge in [-0.15, -0.1) is 0 Å². The van der Waals surface area contributed by atoms with Crippen LogP contribution in [-0.2, 0) is 0 Å². The minimum Gasteiger partial charge on any atom is -0.494 e. The Labute approximate surface area is 202 Å². The second-order valence-electron chi connectivity index (χ2n) is 9.06. The SMILES string of the molecule is CCCCCCCCCCOc1ccc(-c2ncc(OCCCCCCCCC)cn2)cc1. The van der Waals surface area contributed by atoms with Crippen LogP contribution in [0.5, 0.6) is 11.5 Å². The monoisotopic (exact) mass is 454 g/mol. The Hall–Kier alpha value is -2.10. The summed E-state index contributed by atoms with van der Waals surface area (Å²) in [7, 11) is 0. The van der Waals surface area contributed by atoms with Gasteiger partial charge in [0.1, 0.15) is 5.75 Å². The molecule has 0 saturated carbocycles. The van der Waals surface area contributed by atoms with Crippen LogP contribution in [0.15, 0.2) is 36.7 Å². The molecular weight excluding hydrogens is 408 g/mol. The van der Waals surface area contributed by atoms with Gasteiger partial charge < -0.3 is 9.47 Å². The highest BCUT2D eigenvalue weighted by atomic mass is 16.5. The minimum atomic E-state index is 0.716. The molecule has 1 heterocycles. The van der Waals surface area contributed by atoms with E-state index >= 15 is 0 Å². The van der Waals surface area contributed by atoms with Crippen molar-refractivity contribution in [2.45, 2.75) is 110 Å². The Morgan fingerprint density at radius 1 is 0.515 bits per heavy atom. The fourth-order valence-electron chi connectivity index (χ4n) is 3.92. The molecule has 0 aliphatic heterocycles. The van der Waals surface area contributed by atoms with Gasteiger partial charge in [-0.25, -0.2) is 9.97 Å². The topological polar surface area (TPSA) is 44.2 Å². The maximum Gasteiger partial charge on any atom is 0.159 e. The van der Waals surface area contributed by atoms with Gasteiger partial charge in [-0.2, -0.15) is 0 Å². The molecule has 4 heteroatoms. The third-order valence-electron chi connectivity index (χ3n) is 6.02. The van der Waals surface area contributed by atoms with Gasteiger partial charge in [-0.3, -0.25) is 0 Å². The van der Waals surface area contributed by atoms with E-state index in [1.54, 1.807) is 12.4 Å². The summed E-state index contributed by atoms with van der Waals surface area (Å²) >= 11 is 0. The lowest BCUT2D eigenvalue weighted by Gasteiger charge is -2.08. The first-order chi connectivity index (χ1) is 16.3. The van der Waals surface area contributed by atoms with Gasteiger partial charge >= 0.3 is 0 Å². The van der Waals surface area contributed by atoms with Gasteiger partial charge in [0.2, 0.25) is 0 Å². The number of benzene rings is 1. The Balaban J connectivity index is 1.59. The zero-order valence-electron chi connectivity index (χ0n) is 21.2. The van der Waals surface area contributed by atoms with Crippen LogP contribution in [-0.4, -0.2) is 23.2 Å². The molecule has 0 radical (unpaired) electrons. The number of aromatic nitrogens is 2. The number of rotatable bonds is 20. The summed E-state index contributed by atoms with van der Waals surface area (Å²) < 4.78 is 11.7. The smallest absolute Gasteiger partial charge is 0.159 e. The lowest BCUT2D eigenvalue weighted by molar-refractivity contribution is 0.302. The van der Waals surface area contributed by atoms with E-state index < -0.39 is 0 Å². The molecule has 0 fully saturated rings. The summed E-state index contributed by atoms with van der Waals surface area (Å²) in [6, 6.07) is 8.07. The van der Waals surface area contributed by atoms with E-state index in [0.29, 0.717) is 5.82 Å². The Morgan fingerprint density at radius 3 is 1.42 bits per heavy atom. The van der Waals surface area contributed by atoms with Crippen molar-refractivity contribution < 1.29 is 9.47 Å². The fourth-order valence-corrected chi connectivity index (χ4v) is 3.92. The van der Waals surface area contributed by atoms with Crippen LogP contribution in [0.2, 0.25) is 0 Å². The Bertz CT molecular complexity index is 701. The molecule has 2 rings (SSSR count). The van der Waals surface area contributed by atoms with Crippen molar-refractivity contribution in [2.24, 2.45) is 0 Å². The number of hydrogen-bond donors (Lipinski definition) is 0. The molecule has 0 bridgehead atoms. The van der Waals surface area contributed by atoms with E-state index in [0.717, 1.165) is 43.1 Å². The van der Waals surface area contributed by atoms with Gasteiger partial charge in [0.25, 0.3) is 0 Å². The average molecular weight is 455 g/mol. The summed E-state index contributed by atoms with van der Waals surface area (Å²) in [4.78, 5) is 8.95. The molecule has 1 aromatic carbocycles. The lowest BCUT2D eigenvalue weighted by Crippen LogP contribution is -1.99. The Morgan fingerprint density at radius 2 is 0.939 bits per heavy atom. The van der Waals surface area contributed by atoms with Crippen molar-refractivity contribution in [1.82, 2.24) is 9.97 Å². The maximum atomic E-state index is 5.89. The largest absolute Gasteiger partial charge is 0.494 e. The molecule has 2 aromatic rings. The van der Waals surface area contributed by atoms with E-state index in [1.165, 1.54) is 83.5 Å². The third-order valence-corrected chi connectivity index (χ3v) is 6.02. The first-order valence-corrected chi connectivity index (χ1v) is 13.5. The molecular formula is C29H46N2O2. The van der Waals surface area contributed by atoms with Crippen molar-refractivity contribution in [3.05, 3.63) is 36.7 Å². The second-order valence-corrected chi connectivity index (χ2v) is 9.06. The molecule has 0 spiro atoms. The molecule has 0 unspecified atom stereocenters. The average Bonchev–Trinajstić information content (AvgIpc) is 2.85. The van der Waals surface area contributed by atoms with E-state index in [-0.39, 0.29) is 0 Å². The van der Waals surface area contributed by atoms with Crippen LogP contribution in [0.4, 0.5) is 0 Å². The summed E-state index contributed by atoms with van der Waals surface area (Å²) in [6.07, 6.45) is 23.1. The van der Waals surface area contributed by atoms with E-state index in [1.807, 2.05) is 24.3 Å². The first kappa shape index (κ1) is 27.1. The summed E-state index contributed by atoms with van der Waals surface area (Å²) in [5.41, 5.74) is 0.994. The molecule has 4 nitrogen and oxygen atoms in total. The van der Waals surface area contributed by atoms with Crippen molar-refractivity contribution in [3.63, 3.8) is 0 Å². The zero-order chi connectivity index (χ0) is 23.4. The standard InChI is InChI=1S/C29H46N2O2/c1-3-5-7-9-11-13-15-16-22-32-27-20-18-26(19-21-27)29-30-24-28(25-31-29)33-23-17-14-12-10-8-6-4-2/h18-21,24-25H,3-17,22-23H2,1-2H3. The number of nitrogens with zero attached hydrogens (tertiary/aromatic N) is 2. The molecule has 33 heavy (non-hydrogen) atoms. The van der Waals surface area contributed by atoms with Crippen LogP contribution >= 0.6 is 0 Å². The van der Waals surface area contributed by atoms with Crippen LogP contribution in [0, 0.1) is 0 Å². The van der Waals surface area contributed by atoms with Gasteiger partial charge in [-0.1, -0.05) is 97.3 Å².